The minimum absolute atomic E-state index is 0.000272. The number of ether oxygens (including phenoxy) is 1. The zero-order valence-electron chi connectivity index (χ0n) is 10.7. The van der Waals surface area contributed by atoms with Gasteiger partial charge in [0.15, 0.2) is 0 Å². The van der Waals surface area contributed by atoms with Crippen LogP contribution in [-0.2, 0) is 19.1 Å². The second kappa shape index (κ2) is 6.49. The van der Waals surface area contributed by atoms with Crippen LogP contribution in [-0.4, -0.2) is 54.0 Å². The second-order valence-corrected chi connectivity index (χ2v) is 4.50. The molecule has 2 atom stereocenters. The number of carbonyl (C=O) groups is 3. The summed E-state index contributed by atoms with van der Waals surface area (Å²) in [6.45, 7) is 1.45. The van der Waals surface area contributed by atoms with E-state index >= 15 is 0 Å². The predicted octanol–water partition coefficient (Wildman–Crippen LogP) is -0.262. The van der Waals surface area contributed by atoms with Crippen molar-refractivity contribution in [2.45, 2.75) is 32.2 Å². The SMILES string of the molecule is COC(=O)[C@@H]1CCCN1C(=O)[C@H](CO)CC(C)=O. The van der Waals surface area contributed by atoms with Gasteiger partial charge in [-0.2, -0.15) is 0 Å². The van der Waals surface area contributed by atoms with Gasteiger partial charge in [-0.05, 0) is 19.8 Å². The number of nitrogens with zero attached hydrogens (tertiary/aromatic N) is 1. The summed E-state index contributed by atoms with van der Waals surface area (Å²) < 4.78 is 4.65. The number of aliphatic hydroxyl groups excluding tert-OH is 1. The molecule has 0 aliphatic carbocycles. The molecule has 18 heavy (non-hydrogen) atoms. The van der Waals surface area contributed by atoms with Crippen LogP contribution in [0, 0.1) is 5.92 Å². The number of ketones is 1. The highest BCUT2D eigenvalue weighted by Crippen LogP contribution is 2.22. The fourth-order valence-corrected chi connectivity index (χ4v) is 2.22. The number of rotatable bonds is 5. The number of methoxy groups -OCH3 is 1. The molecule has 0 radical (unpaired) electrons. The van der Waals surface area contributed by atoms with Gasteiger partial charge in [0.2, 0.25) is 5.91 Å². The number of esters is 1. The molecule has 0 unspecified atom stereocenters. The molecule has 0 saturated carbocycles. The number of carbonyl (C=O) groups excluding carboxylic acids is 3. The maximum atomic E-state index is 12.1. The molecule has 0 aromatic heterocycles. The van der Waals surface area contributed by atoms with Crippen molar-refractivity contribution in [2.24, 2.45) is 5.92 Å². The van der Waals surface area contributed by atoms with Crippen LogP contribution in [0.4, 0.5) is 0 Å². The third-order valence-electron chi connectivity index (χ3n) is 3.11. The first-order chi connectivity index (χ1) is 8.51. The first kappa shape index (κ1) is 14.6. The Kier molecular flexibility index (Phi) is 5.27. The van der Waals surface area contributed by atoms with Crippen molar-refractivity contribution in [1.82, 2.24) is 4.90 Å². The van der Waals surface area contributed by atoms with Gasteiger partial charge in [-0.1, -0.05) is 0 Å². The van der Waals surface area contributed by atoms with Crippen LogP contribution in [0.1, 0.15) is 26.2 Å². The molecule has 1 N–H and O–H groups in total. The van der Waals surface area contributed by atoms with Gasteiger partial charge in [0.05, 0.1) is 19.6 Å². The molecule has 1 aliphatic heterocycles. The van der Waals surface area contributed by atoms with E-state index in [2.05, 4.69) is 4.74 Å². The third-order valence-corrected chi connectivity index (χ3v) is 3.11. The average molecular weight is 257 g/mol. The van der Waals surface area contributed by atoms with Gasteiger partial charge >= 0.3 is 5.97 Å². The highest BCUT2D eigenvalue weighted by molar-refractivity contribution is 5.89. The molecule has 6 heteroatoms. The Morgan fingerprint density at radius 2 is 2.11 bits per heavy atom. The van der Waals surface area contributed by atoms with Crippen LogP contribution in [0.2, 0.25) is 0 Å². The van der Waals surface area contributed by atoms with Gasteiger partial charge in [-0.25, -0.2) is 4.79 Å². The Morgan fingerprint density at radius 3 is 2.61 bits per heavy atom. The summed E-state index contributed by atoms with van der Waals surface area (Å²) in [6.07, 6.45) is 1.29. The normalized spacial score (nSPS) is 20.6. The Balaban J connectivity index is 2.74. The standard InChI is InChI=1S/C12H19NO5/c1-8(15)6-9(7-14)11(16)13-5-3-4-10(13)12(17)18-2/h9-10,14H,3-7H2,1-2H3/t9-,10-/m0/s1. The zero-order chi connectivity index (χ0) is 13.7. The first-order valence-electron chi connectivity index (χ1n) is 5.99. The van der Waals surface area contributed by atoms with E-state index in [9.17, 15) is 19.5 Å². The van der Waals surface area contributed by atoms with Gasteiger partial charge in [0.1, 0.15) is 11.8 Å². The fourth-order valence-electron chi connectivity index (χ4n) is 2.22. The molecule has 0 aromatic rings. The molecule has 1 heterocycles. The van der Waals surface area contributed by atoms with Crippen LogP contribution in [0.3, 0.4) is 0 Å². The quantitative estimate of drug-likeness (QED) is 0.686. The van der Waals surface area contributed by atoms with Crippen molar-refractivity contribution in [1.29, 1.82) is 0 Å². The second-order valence-electron chi connectivity index (χ2n) is 4.50. The van der Waals surface area contributed by atoms with Crippen molar-refractivity contribution in [3.05, 3.63) is 0 Å². The molecule has 102 valence electrons. The van der Waals surface area contributed by atoms with E-state index in [1.54, 1.807) is 0 Å². The predicted molar refractivity (Wildman–Crippen MR) is 62.6 cm³/mol. The number of amides is 1. The van der Waals surface area contributed by atoms with E-state index < -0.39 is 17.9 Å². The molecular formula is C12H19NO5. The van der Waals surface area contributed by atoms with Crippen molar-refractivity contribution >= 4 is 17.7 Å². The van der Waals surface area contributed by atoms with Gasteiger partial charge in [-0.15, -0.1) is 0 Å². The molecule has 1 amide bonds. The molecule has 6 nitrogen and oxygen atoms in total. The smallest absolute Gasteiger partial charge is 0.328 e. The van der Waals surface area contributed by atoms with E-state index in [-0.39, 0.29) is 24.7 Å². The number of likely N-dealkylation sites (tertiary alicyclic amines) is 1. The lowest BCUT2D eigenvalue weighted by Crippen LogP contribution is -2.45. The maximum absolute atomic E-state index is 12.1. The third kappa shape index (κ3) is 3.29. The largest absolute Gasteiger partial charge is 0.467 e. The zero-order valence-corrected chi connectivity index (χ0v) is 10.7. The first-order valence-corrected chi connectivity index (χ1v) is 5.99. The Labute approximate surface area is 106 Å². The van der Waals surface area contributed by atoms with E-state index in [0.717, 1.165) is 6.42 Å². The van der Waals surface area contributed by atoms with E-state index in [1.807, 2.05) is 0 Å². The summed E-state index contributed by atoms with van der Waals surface area (Å²) in [5, 5.41) is 9.17. The van der Waals surface area contributed by atoms with E-state index in [0.29, 0.717) is 13.0 Å². The number of Topliss-reactive ketones (excluding diaryl/α,β-unsaturated/α-hetero) is 1. The molecule has 0 bridgehead atoms. The molecule has 1 rings (SSSR count). The summed E-state index contributed by atoms with van der Waals surface area (Å²) in [6, 6.07) is -0.580. The summed E-state index contributed by atoms with van der Waals surface area (Å²) in [7, 11) is 1.28. The Morgan fingerprint density at radius 1 is 1.44 bits per heavy atom. The van der Waals surface area contributed by atoms with Crippen molar-refractivity contribution in [3.63, 3.8) is 0 Å². The molecule has 0 aromatic carbocycles. The minimum Gasteiger partial charge on any atom is -0.467 e. The molecule has 1 fully saturated rings. The summed E-state index contributed by atoms with van der Waals surface area (Å²) in [4.78, 5) is 36.1. The Bertz CT molecular complexity index is 341. The summed E-state index contributed by atoms with van der Waals surface area (Å²) >= 11 is 0. The Hall–Kier alpha value is -1.43. The number of hydrogen-bond donors (Lipinski definition) is 1. The molecule has 0 spiro atoms. The fraction of sp³-hybridized carbons (Fsp3) is 0.750. The molecule has 1 aliphatic rings. The summed E-state index contributed by atoms with van der Waals surface area (Å²) in [5.74, 6) is -1.70. The summed E-state index contributed by atoms with van der Waals surface area (Å²) in [5.41, 5.74) is 0. The minimum atomic E-state index is -0.757. The van der Waals surface area contributed by atoms with E-state index in [1.165, 1.54) is 18.9 Å². The number of hydrogen-bond acceptors (Lipinski definition) is 5. The highest BCUT2D eigenvalue weighted by Gasteiger charge is 2.37. The van der Waals surface area contributed by atoms with Crippen LogP contribution >= 0.6 is 0 Å². The maximum Gasteiger partial charge on any atom is 0.328 e. The van der Waals surface area contributed by atoms with Gasteiger partial charge < -0.3 is 19.5 Å². The van der Waals surface area contributed by atoms with Crippen LogP contribution in [0.15, 0.2) is 0 Å². The van der Waals surface area contributed by atoms with Gasteiger partial charge in [0, 0.05) is 13.0 Å². The molecule has 1 saturated heterocycles. The van der Waals surface area contributed by atoms with Crippen molar-refractivity contribution in [3.8, 4) is 0 Å². The van der Waals surface area contributed by atoms with Crippen LogP contribution < -0.4 is 0 Å². The van der Waals surface area contributed by atoms with Gasteiger partial charge in [-0.3, -0.25) is 4.79 Å². The number of aliphatic hydroxyl groups is 1. The average Bonchev–Trinajstić information content (AvgIpc) is 2.82. The lowest BCUT2D eigenvalue weighted by Gasteiger charge is -2.26. The van der Waals surface area contributed by atoms with Crippen LogP contribution in [0.5, 0.6) is 0 Å². The lowest BCUT2D eigenvalue weighted by molar-refractivity contribution is -0.153. The lowest BCUT2D eigenvalue weighted by atomic mass is 10.0. The van der Waals surface area contributed by atoms with Crippen molar-refractivity contribution < 1.29 is 24.2 Å². The van der Waals surface area contributed by atoms with E-state index in [4.69, 9.17) is 0 Å². The van der Waals surface area contributed by atoms with Gasteiger partial charge in [0.25, 0.3) is 0 Å². The van der Waals surface area contributed by atoms with Crippen LogP contribution in [0.25, 0.3) is 0 Å². The van der Waals surface area contributed by atoms with Crippen molar-refractivity contribution in [2.75, 3.05) is 20.3 Å². The highest BCUT2D eigenvalue weighted by atomic mass is 16.5. The molecular weight excluding hydrogens is 238 g/mol. The topological polar surface area (TPSA) is 83.9 Å². The monoisotopic (exact) mass is 257 g/mol.